The summed E-state index contributed by atoms with van der Waals surface area (Å²) in [5.41, 5.74) is 3.55. The van der Waals surface area contributed by atoms with Gasteiger partial charge in [-0.2, -0.15) is 0 Å². The third-order valence-electron chi connectivity index (χ3n) is 6.05. The third kappa shape index (κ3) is 6.06. The fourth-order valence-electron chi connectivity index (χ4n) is 4.02. The Bertz CT molecular complexity index is 1490. The zero-order valence-corrected chi connectivity index (χ0v) is 23.0. The average molecular weight is 588 g/mol. The Balaban J connectivity index is 1.40. The number of amidine groups is 1. The second-order valence-electron chi connectivity index (χ2n) is 8.71. The minimum atomic E-state index is -0.277. The molecule has 0 radical (unpaired) electrons. The summed E-state index contributed by atoms with van der Waals surface area (Å²) in [5.74, 6) is 0.293. The van der Waals surface area contributed by atoms with Crippen LogP contribution in [0.1, 0.15) is 29.7 Å². The Labute approximate surface area is 234 Å². The number of amides is 1. The van der Waals surface area contributed by atoms with Crippen LogP contribution in [0, 0.1) is 5.82 Å². The second-order valence-corrected chi connectivity index (χ2v) is 10.6. The highest BCUT2D eigenvalue weighted by Crippen LogP contribution is 2.39. The molecule has 4 aromatic rings. The van der Waals surface area contributed by atoms with E-state index in [-0.39, 0.29) is 17.8 Å². The van der Waals surface area contributed by atoms with Crippen molar-refractivity contribution in [3.8, 4) is 5.75 Å². The van der Waals surface area contributed by atoms with E-state index in [1.807, 2.05) is 91.9 Å². The summed E-state index contributed by atoms with van der Waals surface area (Å²) in [6.45, 7) is 2.33. The van der Waals surface area contributed by atoms with E-state index in [9.17, 15) is 9.18 Å². The number of hydrogen-bond acceptors (Lipinski definition) is 4. The predicted octanol–water partition coefficient (Wildman–Crippen LogP) is 8.53. The van der Waals surface area contributed by atoms with Crippen LogP contribution in [0.2, 0.25) is 0 Å². The molecule has 1 aliphatic rings. The number of carbonyl (C=O) groups is 1. The van der Waals surface area contributed by atoms with Crippen molar-refractivity contribution in [3.63, 3.8) is 0 Å². The first kappa shape index (κ1) is 25.9. The quantitative estimate of drug-likeness (QED) is 0.204. The molecule has 4 aromatic carbocycles. The van der Waals surface area contributed by atoms with Gasteiger partial charge in [0.1, 0.15) is 18.2 Å². The van der Waals surface area contributed by atoms with Crippen molar-refractivity contribution < 1.29 is 13.9 Å². The summed E-state index contributed by atoms with van der Waals surface area (Å²) in [6, 6.07) is 31.3. The highest BCUT2D eigenvalue weighted by molar-refractivity contribution is 9.10. The van der Waals surface area contributed by atoms with Gasteiger partial charge in [0, 0.05) is 0 Å². The fraction of sp³-hybridized carbons (Fsp3) is 0.0968. The topological polar surface area (TPSA) is 41.9 Å². The van der Waals surface area contributed by atoms with Crippen molar-refractivity contribution in [3.05, 3.63) is 135 Å². The Kier molecular flexibility index (Phi) is 8.05. The fourth-order valence-corrected chi connectivity index (χ4v) is 5.60. The average Bonchev–Trinajstić information content (AvgIpc) is 3.23. The SMILES string of the molecule is C[C@@H](c1ccccc1)N1C(=O)/C(=C\c2ccc(OCc3ccc(F)cc3)c(Br)c2)SC1=Nc1ccccc1. The Morgan fingerprint density at radius 1 is 0.974 bits per heavy atom. The molecule has 7 heteroatoms. The highest BCUT2D eigenvalue weighted by atomic mass is 79.9. The number of carbonyl (C=O) groups excluding carboxylic acids is 1. The van der Waals surface area contributed by atoms with Gasteiger partial charge < -0.3 is 4.74 Å². The third-order valence-corrected chi connectivity index (χ3v) is 7.65. The van der Waals surface area contributed by atoms with E-state index in [4.69, 9.17) is 9.73 Å². The van der Waals surface area contributed by atoms with Crippen molar-refractivity contribution in [2.45, 2.75) is 19.6 Å². The van der Waals surface area contributed by atoms with Crippen LogP contribution >= 0.6 is 27.7 Å². The van der Waals surface area contributed by atoms with Crippen LogP contribution < -0.4 is 4.74 Å². The standard InChI is InChI=1S/C31H24BrFN2O2S/c1-21(24-8-4-2-5-9-24)35-30(36)29(38-31(35)34-26-10-6-3-7-11-26)19-23-14-17-28(27(32)18-23)37-20-22-12-15-25(33)16-13-22/h2-19,21H,20H2,1H3/b29-19+,34-31?/t21-/m0/s1. The molecule has 1 fully saturated rings. The van der Waals surface area contributed by atoms with E-state index in [0.29, 0.717) is 22.4 Å². The number of para-hydroxylation sites is 1. The molecule has 0 aromatic heterocycles. The van der Waals surface area contributed by atoms with Crippen LogP contribution in [0.25, 0.3) is 6.08 Å². The van der Waals surface area contributed by atoms with Crippen LogP contribution in [-0.2, 0) is 11.4 Å². The maximum absolute atomic E-state index is 13.7. The number of halogens is 2. The largest absolute Gasteiger partial charge is 0.488 e. The van der Waals surface area contributed by atoms with Crippen molar-refractivity contribution in [1.82, 2.24) is 4.90 Å². The molecule has 0 aliphatic carbocycles. The van der Waals surface area contributed by atoms with Gasteiger partial charge in [0.2, 0.25) is 0 Å². The van der Waals surface area contributed by atoms with Crippen LogP contribution in [0.15, 0.2) is 117 Å². The first-order chi connectivity index (χ1) is 18.5. The number of ether oxygens (including phenoxy) is 1. The van der Waals surface area contributed by atoms with Crippen molar-refractivity contribution >= 4 is 50.5 Å². The van der Waals surface area contributed by atoms with Gasteiger partial charge in [0.05, 0.1) is 21.1 Å². The molecule has 5 rings (SSSR count). The number of rotatable bonds is 7. The lowest BCUT2D eigenvalue weighted by Crippen LogP contribution is -2.32. The first-order valence-corrected chi connectivity index (χ1v) is 13.7. The Hall–Kier alpha value is -3.68. The van der Waals surface area contributed by atoms with Gasteiger partial charge in [-0.1, -0.05) is 66.7 Å². The van der Waals surface area contributed by atoms with E-state index >= 15 is 0 Å². The maximum Gasteiger partial charge on any atom is 0.267 e. The van der Waals surface area contributed by atoms with Gasteiger partial charge in [0.25, 0.3) is 5.91 Å². The van der Waals surface area contributed by atoms with Crippen LogP contribution in [0.4, 0.5) is 10.1 Å². The molecule has 0 spiro atoms. The molecule has 190 valence electrons. The van der Waals surface area contributed by atoms with E-state index in [0.717, 1.165) is 26.9 Å². The summed E-state index contributed by atoms with van der Waals surface area (Å²) >= 11 is 4.95. The monoisotopic (exact) mass is 586 g/mol. The van der Waals surface area contributed by atoms with Gasteiger partial charge in [-0.25, -0.2) is 9.38 Å². The van der Waals surface area contributed by atoms with Gasteiger partial charge in [-0.05, 0) is 93.8 Å². The highest BCUT2D eigenvalue weighted by Gasteiger charge is 2.37. The molecule has 1 amide bonds. The molecular weight excluding hydrogens is 563 g/mol. The lowest BCUT2D eigenvalue weighted by Gasteiger charge is -2.24. The zero-order chi connectivity index (χ0) is 26.5. The van der Waals surface area contributed by atoms with Crippen LogP contribution in [0.5, 0.6) is 5.75 Å². The number of hydrogen-bond donors (Lipinski definition) is 0. The molecule has 0 bridgehead atoms. The maximum atomic E-state index is 13.7. The number of aliphatic imine (C=N–C) groups is 1. The van der Waals surface area contributed by atoms with Gasteiger partial charge in [-0.3, -0.25) is 9.69 Å². The number of benzene rings is 4. The van der Waals surface area contributed by atoms with Crippen molar-refractivity contribution in [1.29, 1.82) is 0 Å². The zero-order valence-electron chi connectivity index (χ0n) is 20.6. The normalized spacial score (nSPS) is 16.3. The molecule has 0 saturated carbocycles. The smallest absolute Gasteiger partial charge is 0.267 e. The Morgan fingerprint density at radius 3 is 2.34 bits per heavy atom. The van der Waals surface area contributed by atoms with E-state index in [2.05, 4.69) is 15.9 Å². The molecule has 0 unspecified atom stereocenters. The molecule has 1 atom stereocenters. The summed E-state index contributed by atoms with van der Waals surface area (Å²) in [5, 5.41) is 0.641. The Morgan fingerprint density at radius 2 is 1.66 bits per heavy atom. The minimum absolute atomic E-state index is 0.0891. The van der Waals surface area contributed by atoms with Gasteiger partial charge in [0.15, 0.2) is 5.17 Å². The predicted molar refractivity (Wildman–Crippen MR) is 156 cm³/mol. The lowest BCUT2D eigenvalue weighted by molar-refractivity contribution is -0.123. The van der Waals surface area contributed by atoms with Crippen molar-refractivity contribution in [2.24, 2.45) is 4.99 Å². The van der Waals surface area contributed by atoms with Gasteiger partial charge >= 0.3 is 0 Å². The summed E-state index contributed by atoms with van der Waals surface area (Å²) in [7, 11) is 0. The summed E-state index contributed by atoms with van der Waals surface area (Å²) in [4.78, 5) is 20.8. The molecule has 1 saturated heterocycles. The van der Waals surface area contributed by atoms with E-state index in [1.54, 1.807) is 17.0 Å². The molecule has 1 aliphatic heterocycles. The minimum Gasteiger partial charge on any atom is -0.488 e. The second kappa shape index (κ2) is 11.8. The first-order valence-electron chi connectivity index (χ1n) is 12.1. The van der Waals surface area contributed by atoms with E-state index in [1.165, 1.54) is 23.9 Å². The number of thioether (sulfide) groups is 1. The molecule has 38 heavy (non-hydrogen) atoms. The van der Waals surface area contributed by atoms with E-state index < -0.39 is 0 Å². The summed E-state index contributed by atoms with van der Waals surface area (Å²) < 4.78 is 19.8. The molecule has 1 heterocycles. The molecule has 4 nitrogen and oxygen atoms in total. The van der Waals surface area contributed by atoms with Crippen molar-refractivity contribution in [2.75, 3.05) is 0 Å². The summed E-state index contributed by atoms with van der Waals surface area (Å²) in [6.07, 6.45) is 1.87. The lowest BCUT2D eigenvalue weighted by atomic mass is 10.1. The number of nitrogens with zero attached hydrogens (tertiary/aromatic N) is 2. The van der Waals surface area contributed by atoms with Gasteiger partial charge in [-0.15, -0.1) is 0 Å². The molecule has 0 N–H and O–H groups in total. The molecular formula is C31H24BrFN2O2S. The van der Waals surface area contributed by atoms with Crippen LogP contribution in [0.3, 0.4) is 0 Å². The van der Waals surface area contributed by atoms with Crippen LogP contribution in [-0.4, -0.2) is 16.0 Å².